The van der Waals surface area contributed by atoms with Gasteiger partial charge in [-0.2, -0.15) is 5.26 Å². The van der Waals surface area contributed by atoms with Crippen LogP contribution >= 0.6 is 0 Å². The first-order valence-corrected chi connectivity index (χ1v) is 6.60. The lowest BCUT2D eigenvalue weighted by Gasteiger charge is -2.17. The third kappa shape index (κ3) is 5.54. The van der Waals surface area contributed by atoms with Gasteiger partial charge in [-0.3, -0.25) is 4.79 Å². The Bertz CT molecular complexity index is 434. The van der Waals surface area contributed by atoms with Crippen LogP contribution in [0.4, 0.5) is 0 Å². The maximum Gasteiger partial charge on any atom is 0.222 e. The lowest BCUT2D eigenvalue weighted by Crippen LogP contribution is -2.25. The average molecular weight is 259 g/mol. The summed E-state index contributed by atoms with van der Waals surface area (Å²) in [7, 11) is 1.81. The van der Waals surface area contributed by atoms with Gasteiger partial charge in [-0.1, -0.05) is 18.6 Å². The van der Waals surface area contributed by atoms with Crippen LogP contribution in [0.3, 0.4) is 0 Å². The molecule has 19 heavy (non-hydrogen) atoms. The van der Waals surface area contributed by atoms with Crippen molar-refractivity contribution in [1.82, 2.24) is 4.90 Å². The molecule has 0 heterocycles. The van der Waals surface area contributed by atoms with Crippen LogP contribution < -0.4 is 5.73 Å². The molecular formula is C15H21N3O. The van der Waals surface area contributed by atoms with E-state index in [-0.39, 0.29) is 5.91 Å². The maximum absolute atomic E-state index is 11.9. The summed E-state index contributed by atoms with van der Waals surface area (Å²) < 4.78 is 0. The highest BCUT2D eigenvalue weighted by Gasteiger charge is 2.08. The minimum atomic E-state index is 0.154. The Morgan fingerprint density at radius 3 is 2.53 bits per heavy atom. The lowest BCUT2D eigenvalue weighted by molar-refractivity contribution is -0.130. The first-order valence-electron chi connectivity index (χ1n) is 6.60. The van der Waals surface area contributed by atoms with Gasteiger partial charge in [0.2, 0.25) is 5.91 Å². The van der Waals surface area contributed by atoms with Gasteiger partial charge in [0.15, 0.2) is 0 Å². The minimum absolute atomic E-state index is 0.154. The molecule has 1 aromatic carbocycles. The molecule has 0 unspecified atom stereocenters. The second-order valence-electron chi connectivity index (χ2n) is 4.66. The number of carbonyl (C=O) groups excluding carboxylic acids is 1. The fraction of sp³-hybridized carbons (Fsp3) is 0.467. The molecule has 0 bridgehead atoms. The molecule has 0 aromatic heterocycles. The van der Waals surface area contributed by atoms with Crippen LogP contribution in [0.2, 0.25) is 0 Å². The quantitative estimate of drug-likeness (QED) is 0.762. The molecule has 0 aliphatic carbocycles. The Hall–Kier alpha value is -1.86. The van der Waals surface area contributed by atoms with Crippen LogP contribution in [-0.4, -0.2) is 24.4 Å². The van der Waals surface area contributed by atoms with Gasteiger partial charge < -0.3 is 10.6 Å². The molecule has 102 valence electrons. The number of benzene rings is 1. The summed E-state index contributed by atoms with van der Waals surface area (Å²) in [5.41, 5.74) is 7.09. The average Bonchev–Trinajstić information content (AvgIpc) is 2.44. The van der Waals surface area contributed by atoms with Gasteiger partial charge >= 0.3 is 0 Å². The van der Waals surface area contributed by atoms with E-state index >= 15 is 0 Å². The molecule has 0 saturated heterocycles. The third-order valence-corrected chi connectivity index (χ3v) is 3.02. The zero-order chi connectivity index (χ0) is 14.1. The molecule has 0 radical (unpaired) electrons. The van der Waals surface area contributed by atoms with Crippen LogP contribution in [0.1, 0.15) is 36.8 Å². The van der Waals surface area contributed by atoms with E-state index in [1.54, 1.807) is 17.0 Å². The van der Waals surface area contributed by atoms with E-state index in [1.807, 2.05) is 19.2 Å². The Morgan fingerprint density at radius 1 is 1.26 bits per heavy atom. The first kappa shape index (κ1) is 15.2. The van der Waals surface area contributed by atoms with Crippen LogP contribution in [0.25, 0.3) is 0 Å². The van der Waals surface area contributed by atoms with Crippen molar-refractivity contribution < 1.29 is 4.79 Å². The van der Waals surface area contributed by atoms with E-state index in [4.69, 9.17) is 11.0 Å². The monoisotopic (exact) mass is 259 g/mol. The van der Waals surface area contributed by atoms with E-state index in [0.29, 0.717) is 25.1 Å². The van der Waals surface area contributed by atoms with Gasteiger partial charge in [-0.15, -0.1) is 0 Å². The second kappa shape index (κ2) is 8.28. The van der Waals surface area contributed by atoms with Crippen LogP contribution in [-0.2, 0) is 11.3 Å². The van der Waals surface area contributed by atoms with Gasteiger partial charge in [-0.05, 0) is 37.1 Å². The molecule has 4 nitrogen and oxygen atoms in total. The van der Waals surface area contributed by atoms with Crippen molar-refractivity contribution in [2.24, 2.45) is 5.73 Å². The highest BCUT2D eigenvalue weighted by Crippen LogP contribution is 2.08. The van der Waals surface area contributed by atoms with Crippen molar-refractivity contribution in [2.75, 3.05) is 13.6 Å². The summed E-state index contributed by atoms with van der Waals surface area (Å²) in [6.45, 7) is 1.27. The number of unbranched alkanes of at least 4 members (excludes halogenated alkanes) is 2. The zero-order valence-electron chi connectivity index (χ0n) is 11.4. The number of carbonyl (C=O) groups is 1. The van der Waals surface area contributed by atoms with E-state index < -0.39 is 0 Å². The van der Waals surface area contributed by atoms with E-state index in [1.165, 1.54) is 0 Å². The summed E-state index contributed by atoms with van der Waals surface area (Å²) in [6, 6.07) is 9.40. The normalized spacial score (nSPS) is 9.95. The van der Waals surface area contributed by atoms with Crippen molar-refractivity contribution in [3.05, 3.63) is 35.4 Å². The molecular weight excluding hydrogens is 238 g/mol. The van der Waals surface area contributed by atoms with Crippen LogP contribution in [0.15, 0.2) is 24.3 Å². The lowest BCUT2D eigenvalue weighted by atomic mass is 10.1. The molecule has 1 amide bonds. The van der Waals surface area contributed by atoms with E-state index in [2.05, 4.69) is 6.07 Å². The maximum atomic E-state index is 11.9. The Kier molecular flexibility index (Phi) is 6.62. The van der Waals surface area contributed by atoms with Gasteiger partial charge in [0, 0.05) is 20.0 Å². The largest absolute Gasteiger partial charge is 0.341 e. The standard InChI is InChI=1S/C15H21N3O/c1-18(15(19)5-3-2-4-10-16)12-14-8-6-13(11-17)7-9-14/h6-9H,2-5,10,12,16H2,1H3. The number of nitrogens with zero attached hydrogens (tertiary/aromatic N) is 2. The number of nitriles is 1. The number of rotatable bonds is 7. The molecule has 0 fully saturated rings. The number of hydrogen-bond donors (Lipinski definition) is 1. The van der Waals surface area contributed by atoms with Crippen molar-refractivity contribution in [2.45, 2.75) is 32.2 Å². The van der Waals surface area contributed by atoms with Crippen LogP contribution in [0.5, 0.6) is 0 Å². The zero-order valence-corrected chi connectivity index (χ0v) is 11.4. The molecule has 0 saturated carbocycles. The molecule has 1 rings (SSSR count). The number of nitrogens with two attached hydrogens (primary N) is 1. The molecule has 0 spiro atoms. The SMILES string of the molecule is CN(Cc1ccc(C#N)cc1)C(=O)CCCCCN. The summed E-state index contributed by atoms with van der Waals surface area (Å²) in [5, 5.41) is 8.72. The Balaban J connectivity index is 2.38. The van der Waals surface area contributed by atoms with E-state index in [0.717, 1.165) is 24.8 Å². The summed E-state index contributed by atoms with van der Waals surface area (Å²) in [6.07, 6.45) is 3.46. The smallest absolute Gasteiger partial charge is 0.222 e. The predicted molar refractivity (Wildman–Crippen MR) is 75.2 cm³/mol. The highest BCUT2D eigenvalue weighted by molar-refractivity contribution is 5.75. The summed E-state index contributed by atoms with van der Waals surface area (Å²) in [4.78, 5) is 13.6. The van der Waals surface area contributed by atoms with Gasteiger partial charge in [0.25, 0.3) is 0 Å². The Morgan fingerprint density at radius 2 is 1.95 bits per heavy atom. The molecule has 2 N–H and O–H groups in total. The predicted octanol–water partition coefficient (Wildman–Crippen LogP) is 2.04. The van der Waals surface area contributed by atoms with Crippen molar-refractivity contribution in [3.8, 4) is 6.07 Å². The summed E-state index contributed by atoms with van der Waals surface area (Å²) >= 11 is 0. The molecule has 1 aromatic rings. The fourth-order valence-corrected chi connectivity index (χ4v) is 1.83. The molecule has 4 heteroatoms. The van der Waals surface area contributed by atoms with E-state index in [9.17, 15) is 4.79 Å². The first-order chi connectivity index (χ1) is 9.17. The molecule has 0 aliphatic rings. The van der Waals surface area contributed by atoms with Gasteiger partial charge in [0.1, 0.15) is 0 Å². The second-order valence-corrected chi connectivity index (χ2v) is 4.66. The van der Waals surface area contributed by atoms with Crippen molar-refractivity contribution >= 4 is 5.91 Å². The van der Waals surface area contributed by atoms with Gasteiger partial charge in [-0.25, -0.2) is 0 Å². The molecule has 0 aliphatic heterocycles. The number of hydrogen-bond acceptors (Lipinski definition) is 3. The van der Waals surface area contributed by atoms with Crippen molar-refractivity contribution in [1.29, 1.82) is 5.26 Å². The third-order valence-electron chi connectivity index (χ3n) is 3.02. The van der Waals surface area contributed by atoms with Crippen LogP contribution in [0, 0.1) is 11.3 Å². The fourth-order valence-electron chi connectivity index (χ4n) is 1.83. The minimum Gasteiger partial charge on any atom is -0.341 e. The Labute approximate surface area is 114 Å². The van der Waals surface area contributed by atoms with Crippen molar-refractivity contribution in [3.63, 3.8) is 0 Å². The number of amides is 1. The summed E-state index contributed by atoms with van der Waals surface area (Å²) in [5.74, 6) is 0.154. The molecule has 0 atom stereocenters. The topological polar surface area (TPSA) is 70.1 Å². The highest BCUT2D eigenvalue weighted by atomic mass is 16.2. The van der Waals surface area contributed by atoms with Gasteiger partial charge in [0.05, 0.1) is 11.6 Å².